The molecule has 0 bridgehead atoms. The maximum atomic E-state index is 12.5. The third-order valence-corrected chi connectivity index (χ3v) is 7.09. The third-order valence-electron chi connectivity index (χ3n) is 4.89. The van der Waals surface area contributed by atoms with Gasteiger partial charge in [0.1, 0.15) is 28.7 Å². The first-order valence-electron chi connectivity index (χ1n) is 11.0. The highest BCUT2D eigenvalue weighted by Gasteiger charge is 2.33. The standard InChI is InChI=1S/C26H22Br2N2O5S/c1-3-7-21(31)30-25-22(26(33)34-4-2)23(32)20(36-25)12-15-10-18(27)24(19(28)11-15)35-14-17-9-6-5-8-16(17)13-29/h5-6,8-12,32H,3-4,7,14H2,1-2H3/b20-12-,30-25?. The molecule has 0 saturated carbocycles. The third kappa shape index (κ3) is 6.66. The van der Waals surface area contributed by atoms with E-state index in [9.17, 15) is 20.0 Å². The van der Waals surface area contributed by atoms with E-state index in [2.05, 4.69) is 42.9 Å². The molecule has 1 aliphatic heterocycles. The fourth-order valence-corrected chi connectivity index (χ4v) is 5.71. The van der Waals surface area contributed by atoms with Crippen LogP contribution in [0.2, 0.25) is 0 Å². The number of halogens is 2. The predicted molar refractivity (Wildman–Crippen MR) is 147 cm³/mol. The van der Waals surface area contributed by atoms with Crippen LogP contribution in [0.1, 0.15) is 43.4 Å². The summed E-state index contributed by atoms with van der Waals surface area (Å²) in [5.41, 5.74) is 1.88. The van der Waals surface area contributed by atoms with Crippen LogP contribution >= 0.6 is 43.6 Å². The molecule has 0 atom stereocenters. The van der Waals surface area contributed by atoms with Gasteiger partial charge in [0.05, 0.1) is 32.1 Å². The molecule has 1 heterocycles. The summed E-state index contributed by atoms with van der Waals surface area (Å²) < 4.78 is 12.3. The molecular weight excluding hydrogens is 612 g/mol. The van der Waals surface area contributed by atoms with Gasteiger partial charge in [-0.1, -0.05) is 36.9 Å². The van der Waals surface area contributed by atoms with Crippen LogP contribution in [-0.2, 0) is 20.9 Å². The lowest BCUT2D eigenvalue weighted by Gasteiger charge is -2.12. The lowest BCUT2D eigenvalue weighted by Crippen LogP contribution is -2.14. The minimum Gasteiger partial charge on any atom is -0.506 e. The smallest absolute Gasteiger partial charge is 0.344 e. The molecule has 0 unspecified atom stereocenters. The lowest BCUT2D eigenvalue weighted by atomic mass is 10.1. The van der Waals surface area contributed by atoms with E-state index in [0.717, 1.165) is 17.3 Å². The number of aliphatic hydroxyl groups excluding tert-OH is 1. The molecule has 1 N–H and O–H groups in total. The van der Waals surface area contributed by atoms with Crippen molar-refractivity contribution < 1.29 is 24.2 Å². The van der Waals surface area contributed by atoms with Crippen LogP contribution in [0.5, 0.6) is 5.75 Å². The van der Waals surface area contributed by atoms with E-state index in [4.69, 9.17) is 9.47 Å². The van der Waals surface area contributed by atoms with E-state index in [1.165, 1.54) is 0 Å². The number of ether oxygens (including phenoxy) is 2. The van der Waals surface area contributed by atoms with E-state index >= 15 is 0 Å². The molecule has 1 amide bonds. The molecule has 10 heteroatoms. The molecule has 0 saturated heterocycles. The molecule has 36 heavy (non-hydrogen) atoms. The monoisotopic (exact) mass is 632 g/mol. The maximum Gasteiger partial charge on any atom is 0.344 e. The van der Waals surface area contributed by atoms with Crippen LogP contribution in [0.25, 0.3) is 6.08 Å². The summed E-state index contributed by atoms with van der Waals surface area (Å²) >= 11 is 8.06. The number of thioether (sulfide) groups is 1. The summed E-state index contributed by atoms with van der Waals surface area (Å²) in [6.45, 7) is 3.84. The Morgan fingerprint density at radius 2 is 1.89 bits per heavy atom. The zero-order valence-corrected chi connectivity index (χ0v) is 23.5. The first-order chi connectivity index (χ1) is 17.3. The molecule has 0 radical (unpaired) electrons. The number of carbonyl (C=O) groups excluding carboxylic acids is 2. The van der Waals surface area contributed by atoms with Crippen molar-refractivity contribution in [1.82, 2.24) is 0 Å². The van der Waals surface area contributed by atoms with Crippen LogP contribution in [0.4, 0.5) is 0 Å². The number of hydrogen-bond donors (Lipinski definition) is 1. The van der Waals surface area contributed by atoms with E-state index in [0.29, 0.717) is 37.1 Å². The Bertz CT molecular complexity index is 1300. The second-order valence-corrected chi connectivity index (χ2v) is 10.2. The quantitative estimate of drug-likeness (QED) is 0.317. The highest BCUT2D eigenvalue weighted by Crippen LogP contribution is 2.41. The van der Waals surface area contributed by atoms with Crippen molar-refractivity contribution in [3.05, 3.63) is 78.3 Å². The molecule has 0 aromatic heterocycles. The van der Waals surface area contributed by atoms with E-state index in [-0.39, 0.29) is 41.9 Å². The summed E-state index contributed by atoms with van der Waals surface area (Å²) in [6, 6.07) is 12.9. The van der Waals surface area contributed by atoms with Crippen LogP contribution in [0, 0.1) is 11.3 Å². The average molecular weight is 634 g/mol. The van der Waals surface area contributed by atoms with Crippen molar-refractivity contribution in [2.75, 3.05) is 6.61 Å². The van der Waals surface area contributed by atoms with Crippen molar-refractivity contribution in [3.63, 3.8) is 0 Å². The van der Waals surface area contributed by atoms with Gasteiger partial charge in [0, 0.05) is 12.0 Å². The predicted octanol–water partition coefficient (Wildman–Crippen LogP) is 6.85. The normalized spacial score (nSPS) is 15.3. The summed E-state index contributed by atoms with van der Waals surface area (Å²) in [6.07, 6.45) is 2.53. The van der Waals surface area contributed by atoms with E-state index in [1.54, 1.807) is 37.3 Å². The Kier molecular flexibility index (Phi) is 9.93. The van der Waals surface area contributed by atoms with Crippen LogP contribution in [0.3, 0.4) is 0 Å². The fourth-order valence-electron chi connectivity index (χ4n) is 3.23. The second kappa shape index (κ2) is 12.9. The second-order valence-electron chi connectivity index (χ2n) is 7.49. The van der Waals surface area contributed by atoms with Crippen molar-refractivity contribution in [2.45, 2.75) is 33.3 Å². The highest BCUT2D eigenvalue weighted by molar-refractivity contribution is 9.11. The molecule has 186 valence electrons. The van der Waals surface area contributed by atoms with Gasteiger partial charge in [0.15, 0.2) is 0 Å². The van der Waals surface area contributed by atoms with Gasteiger partial charge in [-0.2, -0.15) is 5.26 Å². The number of benzene rings is 2. The number of aliphatic imine (C=N–C) groups is 1. The van der Waals surface area contributed by atoms with E-state index in [1.807, 2.05) is 19.1 Å². The Labute approximate surface area is 230 Å². The number of carbonyl (C=O) groups is 2. The van der Waals surface area contributed by atoms with Crippen molar-refractivity contribution in [1.29, 1.82) is 5.26 Å². The zero-order chi connectivity index (χ0) is 26.2. The van der Waals surface area contributed by atoms with Crippen molar-refractivity contribution in [3.8, 4) is 11.8 Å². The van der Waals surface area contributed by atoms with Gasteiger partial charge in [-0.3, -0.25) is 4.79 Å². The number of amides is 1. The average Bonchev–Trinajstić information content (AvgIpc) is 3.13. The first kappa shape index (κ1) is 27.7. The molecule has 0 fully saturated rings. The molecule has 0 aliphatic carbocycles. The van der Waals surface area contributed by atoms with Crippen LogP contribution in [0.15, 0.2) is 66.6 Å². The molecular formula is C26H22Br2N2O5S. The first-order valence-corrected chi connectivity index (χ1v) is 13.4. The number of aliphatic hydroxyl groups is 1. The largest absolute Gasteiger partial charge is 0.506 e. The van der Waals surface area contributed by atoms with Gasteiger partial charge in [-0.05, 0) is 75.0 Å². The summed E-state index contributed by atoms with van der Waals surface area (Å²) in [5, 5.41) is 20.2. The van der Waals surface area contributed by atoms with Gasteiger partial charge in [0.2, 0.25) is 5.91 Å². The van der Waals surface area contributed by atoms with Crippen LogP contribution < -0.4 is 4.74 Å². The number of esters is 1. The molecule has 3 rings (SSSR count). The SMILES string of the molecule is CCCC(=O)N=C1S/C(=C\c2cc(Br)c(OCc3ccccc3C#N)c(Br)c2)C(O)=C1C(=O)OCC. The lowest BCUT2D eigenvalue weighted by molar-refractivity contribution is -0.138. The zero-order valence-electron chi connectivity index (χ0n) is 19.5. The minimum absolute atomic E-state index is 0.116. The summed E-state index contributed by atoms with van der Waals surface area (Å²) in [7, 11) is 0. The Morgan fingerprint density at radius 3 is 2.53 bits per heavy atom. The number of nitriles is 1. The summed E-state index contributed by atoms with van der Waals surface area (Å²) in [5.74, 6) is -0.857. The fraction of sp³-hybridized carbons (Fsp3) is 0.231. The highest BCUT2D eigenvalue weighted by atomic mass is 79.9. The Balaban J connectivity index is 1.91. The van der Waals surface area contributed by atoms with E-state index < -0.39 is 5.97 Å². The Morgan fingerprint density at radius 1 is 1.19 bits per heavy atom. The maximum absolute atomic E-state index is 12.5. The number of nitrogens with zero attached hydrogens (tertiary/aromatic N) is 2. The van der Waals surface area contributed by atoms with Gasteiger partial charge < -0.3 is 14.6 Å². The van der Waals surface area contributed by atoms with Crippen molar-refractivity contribution in [2.24, 2.45) is 4.99 Å². The summed E-state index contributed by atoms with van der Waals surface area (Å²) in [4.78, 5) is 29.0. The molecule has 7 nitrogen and oxygen atoms in total. The topological polar surface area (TPSA) is 109 Å². The minimum atomic E-state index is -0.738. The number of rotatable bonds is 8. The van der Waals surface area contributed by atoms with Crippen molar-refractivity contribution >= 4 is 66.6 Å². The molecule has 0 spiro atoms. The molecule has 2 aromatic rings. The van der Waals surface area contributed by atoms with Gasteiger partial charge in [-0.15, -0.1) is 0 Å². The van der Waals surface area contributed by atoms with Gasteiger partial charge in [0.25, 0.3) is 0 Å². The van der Waals surface area contributed by atoms with Gasteiger partial charge >= 0.3 is 5.97 Å². The molecule has 1 aliphatic rings. The van der Waals surface area contributed by atoms with Crippen LogP contribution in [-0.4, -0.2) is 28.6 Å². The molecule has 2 aromatic carbocycles. The Hall–Kier alpha value is -2.87. The number of hydrogen-bond acceptors (Lipinski definition) is 7. The van der Waals surface area contributed by atoms with Gasteiger partial charge in [-0.25, -0.2) is 9.79 Å².